The van der Waals surface area contributed by atoms with Gasteiger partial charge in [-0.1, -0.05) is 200 Å². The summed E-state index contributed by atoms with van der Waals surface area (Å²) in [5.41, 5.74) is 17.6. The molecule has 282 valence electrons. The molecule has 1 heteroatoms. The van der Waals surface area contributed by atoms with E-state index in [1.165, 1.54) is 77.5 Å². The maximum Gasteiger partial charge on any atom is 0.0714 e. The van der Waals surface area contributed by atoms with E-state index in [4.69, 9.17) is 0 Å². The highest BCUT2D eigenvalue weighted by molar-refractivity contribution is 5.93. The highest BCUT2D eigenvalue weighted by atomic mass is 15.1. The van der Waals surface area contributed by atoms with Crippen molar-refractivity contribution in [2.24, 2.45) is 0 Å². The number of rotatable bonds is 8. The first-order valence-corrected chi connectivity index (χ1v) is 20.7. The van der Waals surface area contributed by atoms with Gasteiger partial charge in [0.1, 0.15) is 0 Å². The lowest BCUT2D eigenvalue weighted by atomic mass is 9.67. The van der Waals surface area contributed by atoms with Gasteiger partial charge >= 0.3 is 0 Å². The Morgan fingerprint density at radius 2 is 0.650 bits per heavy atom. The fourth-order valence-corrected chi connectivity index (χ4v) is 9.48. The highest BCUT2D eigenvalue weighted by Gasteiger charge is 2.46. The molecule has 0 aliphatic heterocycles. The molecule has 0 radical (unpaired) electrons. The van der Waals surface area contributed by atoms with Gasteiger partial charge in [0.15, 0.2) is 0 Å². The van der Waals surface area contributed by atoms with Crippen LogP contribution in [0.25, 0.3) is 55.3 Å². The third kappa shape index (κ3) is 6.03. The first kappa shape index (κ1) is 35.4. The lowest BCUT2D eigenvalue weighted by Crippen LogP contribution is -2.28. The van der Waals surface area contributed by atoms with Crippen molar-refractivity contribution in [3.63, 3.8) is 0 Å². The number of hydrogen-bond acceptors (Lipinski definition) is 1. The van der Waals surface area contributed by atoms with Gasteiger partial charge in [-0.25, -0.2) is 0 Å². The van der Waals surface area contributed by atoms with E-state index in [0.717, 1.165) is 17.1 Å². The minimum atomic E-state index is -0.561. The Morgan fingerprint density at radius 3 is 1.27 bits per heavy atom. The Kier molecular flexibility index (Phi) is 8.79. The van der Waals surface area contributed by atoms with E-state index in [1.54, 1.807) is 0 Å². The Balaban J connectivity index is 1.07. The zero-order valence-electron chi connectivity index (χ0n) is 33.1. The minimum absolute atomic E-state index is 0.561. The van der Waals surface area contributed by atoms with E-state index >= 15 is 0 Å². The molecule has 1 aliphatic carbocycles. The SMILES string of the molecule is c1ccc(-c2ccc(-c3ccc(N(c4ccccc4)c4ccc5c(c4)C(c4ccccc4)(c4ccccc4)c4cc(-c6ccc7ccccc7c6)ccc4-5)cc3)cc2)cc1. The number of para-hydroxylation sites is 1. The van der Waals surface area contributed by atoms with Crippen LogP contribution in [0.3, 0.4) is 0 Å². The summed E-state index contributed by atoms with van der Waals surface area (Å²) >= 11 is 0. The smallest absolute Gasteiger partial charge is 0.0714 e. The lowest BCUT2D eigenvalue weighted by Gasteiger charge is -2.35. The van der Waals surface area contributed by atoms with Crippen LogP contribution in [0.15, 0.2) is 249 Å². The second kappa shape index (κ2) is 14.9. The number of hydrogen-bond donors (Lipinski definition) is 0. The van der Waals surface area contributed by atoms with Crippen molar-refractivity contribution in [3.05, 3.63) is 271 Å². The standard InChI is InChI=1S/C59H41N/c1-5-15-42(16-6-1)44-25-27-45(28-26-44)46-31-34-53(35-32-46)60(52-23-11-4-12-24-52)54-36-38-56-55-37-33-49(48-30-29-43-17-13-14-18-47(43)39-48)40-57(55)59(58(56)41-54,50-19-7-2-8-20-50)51-21-9-3-10-22-51/h1-41H. The van der Waals surface area contributed by atoms with Crippen molar-refractivity contribution in [1.82, 2.24) is 0 Å². The topological polar surface area (TPSA) is 3.24 Å². The van der Waals surface area contributed by atoms with Crippen LogP contribution in [0.2, 0.25) is 0 Å². The average molecular weight is 764 g/mol. The molecule has 0 aromatic heterocycles. The lowest BCUT2D eigenvalue weighted by molar-refractivity contribution is 0.768. The number of nitrogens with zero attached hydrogens (tertiary/aromatic N) is 1. The van der Waals surface area contributed by atoms with Crippen LogP contribution < -0.4 is 4.90 Å². The van der Waals surface area contributed by atoms with E-state index in [2.05, 4.69) is 254 Å². The summed E-state index contributed by atoms with van der Waals surface area (Å²) in [5, 5.41) is 2.50. The van der Waals surface area contributed by atoms with Crippen LogP contribution in [0.1, 0.15) is 22.3 Å². The van der Waals surface area contributed by atoms with Gasteiger partial charge in [-0.3, -0.25) is 0 Å². The van der Waals surface area contributed by atoms with Gasteiger partial charge in [0.2, 0.25) is 0 Å². The van der Waals surface area contributed by atoms with Crippen LogP contribution >= 0.6 is 0 Å². The predicted octanol–water partition coefficient (Wildman–Crippen LogP) is 15.7. The monoisotopic (exact) mass is 763 g/mol. The largest absolute Gasteiger partial charge is 0.310 e. The summed E-state index contributed by atoms with van der Waals surface area (Å²) in [5.74, 6) is 0. The normalized spacial score (nSPS) is 12.5. The third-order valence-electron chi connectivity index (χ3n) is 12.3. The molecular weight excluding hydrogens is 723 g/mol. The molecule has 0 atom stereocenters. The molecule has 0 saturated carbocycles. The molecule has 60 heavy (non-hydrogen) atoms. The van der Waals surface area contributed by atoms with Crippen molar-refractivity contribution in [2.45, 2.75) is 5.41 Å². The fourth-order valence-electron chi connectivity index (χ4n) is 9.48. The maximum absolute atomic E-state index is 2.46. The van der Waals surface area contributed by atoms with Crippen LogP contribution in [-0.4, -0.2) is 0 Å². The molecule has 0 amide bonds. The molecule has 10 aromatic carbocycles. The summed E-state index contributed by atoms with van der Waals surface area (Å²) in [6.07, 6.45) is 0. The Morgan fingerprint density at radius 1 is 0.250 bits per heavy atom. The van der Waals surface area contributed by atoms with Gasteiger partial charge in [0.05, 0.1) is 5.41 Å². The molecule has 0 N–H and O–H groups in total. The number of benzene rings is 10. The molecule has 0 bridgehead atoms. The van der Waals surface area contributed by atoms with E-state index in [-0.39, 0.29) is 0 Å². The first-order valence-electron chi connectivity index (χ1n) is 20.7. The Bertz CT molecular complexity index is 3060. The van der Waals surface area contributed by atoms with Gasteiger partial charge in [-0.15, -0.1) is 0 Å². The average Bonchev–Trinajstić information content (AvgIpc) is 3.62. The second-order valence-corrected chi connectivity index (χ2v) is 15.7. The van der Waals surface area contributed by atoms with E-state index in [9.17, 15) is 0 Å². The van der Waals surface area contributed by atoms with Crippen molar-refractivity contribution < 1.29 is 0 Å². The molecule has 1 nitrogen and oxygen atoms in total. The number of anilines is 3. The molecule has 11 rings (SSSR count). The van der Waals surface area contributed by atoms with Crippen molar-refractivity contribution in [1.29, 1.82) is 0 Å². The van der Waals surface area contributed by atoms with Gasteiger partial charge in [-0.05, 0) is 126 Å². The highest BCUT2D eigenvalue weighted by Crippen LogP contribution is 2.58. The summed E-state index contributed by atoms with van der Waals surface area (Å²) < 4.78 is 0. The quantitative estimate of drug-likeness (QED) is 0.149. The van der Waals surface area contributed by atoms with Crippen LogP contribution in [0.5, 0.6) is 0 Å². The van der Waals surface area contributed by atoms with E-state index in [0.29, 0.717) is 0 Å². The molecule has 0 saturated heterocycles. The molecule has 0 fully saturated rings. The van der Waals surface area contributed by atoms with Crippen molar-refractivity contribution in [2.75, 3.05) is 4.90 Å². The van der Waals surface area contributed by atoms with Crippen molar-refractivity contribution in [3.8, 4) is 44.5 Å². The molecular formula is C59H41N. The maximum atomic E-state index is 2.46. The predicted molar refractivity (Wildman–Crippen MR) is 252 cm³/mol. The molecule has 0 unspecified atom stereocenters. The Labute approximate surface area is 352 Å². The second-order valence-electron chi connectivity index (χ2n) is 15.7. The molecule has 10 aromatic rings. The van der Waals surface area contributed by atoms with Gasteiger partial charge in [0, 0.05) is 17.1 Å². The zero-order chi connectivity index (χ0) is 39.9. The summed E-state index contributed by atoms with van der Waals surface area (Å²) in [4.78, 5) is 2.40. The third-order valence-corrected chi connectivity index (χ3v) is 12.3. The van der Waals surface area contributed by atoms with Crippen LogP contribution in [0.4, 0.5) is 17.1 Å². The summed E-state index contributed by atoms with van der Waals surface area (Å²) in [7, 11) is 0. The van der Waals surface area contributed by atoms with Crippen LogP contribution in [0, 0.1) is 0 Å². The number of fused-ring (bicyclic) bond motifs is 4. The van der Waals surface area contributed by atoms with Crippen molar-refractivity contribution >= 4 is 27.8 Å². The van der Waals surface area contributed by atoms with Gasteiger partial charge in [0.25, 0.3) is 0 Å². The minimum Gasteiger partial charge on any atom is -0.310 e. The fraction of sp³-hybridized carbons (Fsp3) is 0.0169. The van der Waals surface area contributed by atoms with E-state index in [1.807, 2.05) is 0 Å². The van der Waals surface area contributed by atoms with Gasteiger partial charge in [-0.2, -0.15) is 0 Å². The molecule has 1 aliphatic rings. The van der Waals surface area contributed by atoms with E-state index < -0.39 is 5.41 Å². The first-order chi connectivity index (χ1) is 29.7. The molecule has 0 heterocycles. The zero-order valence-corrected chi connectivity index (χ0v) is 33.1. The summed E-state index contributed by atoms with van der Waals surface area (Å²) in [6, 6.07) is 91.1. The van der Waals surface area contributed by atoms with Gasteiger partial charge < -0.3 is 4.90 Å². The molecule has 0 spiro atoms. The summed E-state index contributed by atoms with van der Waals surface area (Å²) in [6.45, 7) is 0. The van der Waals surface area contributed by atoms with Crippen LogP contribution in [-0.2, 0) is 5.41 Å². The Hall–Kier alpha value is -7.74.